The molecular weight excluding hydrogens is 528 g/mol. The van der Waals surface area contributed by atoms with Crippen molar-refractivity contribution in [3.63, 3.8) is 0 Å². The molecule has 0 bridgehead atoms. The molecule has 140 valence electrons. The summed E-state index contributed by atoms with van der Waals surface area (Å²) in [5.74, 6) is 0.895. The summed E-state index contributed by atoms with van der Waals surface area (Å²) in [5, 5.41) is 19.6. The quantitative estimate of drug-likeness (QED) is 0.240. The summed E-state index contributed by atoms with van der Waals surface area (Å²) in [5.41, 5.74) is 1.22. The van der Waals surface area contributed by atoms with E-state index in [0.29, 0.717) is 5.92 Å². The first-order valence-electron chi connectivity index (χ1n) is 8.19. The van der Waals surface area contributed by atoms with E-state index in [0.717, 1.165) is 36.5 Å². The smallest absolute Gasteiger partial charge is 0.427 e. The van der Waals surface area contributed by atoms with Gasteiger partial charge < -0.3 is 10.0 Å². The van der Waals surface area contributed by atoms with Gasteiger partial charge in [0.25, 0.3) is 0 Å². The van der Waals surface area contributed by atoms with E-state index in [1.807, 2.05) is 24.3 Å². The molecule has 0 radical (unpaired) electrons. The number of benzene rings is 2. The molecule has 2 saturated carbocycles. The zero-order chi connectivity index (χ0) is 19.3. The molecule has 0 atom stereocenters. The molecule has 2 N–H and O–H groups in total. The number of halogens is 5. The summed E-state index contributed by atoms with van der Waals surface area (Å²) in [6.45, 7) is 0. The highest BCUT2D eigenvalue weighted by Crippen LogP contribution is 2.43. The van der Waals surface area contributed by atoms with Crippen molar-refractivity contribution in [2.75, 3.05) is 0 Å². The van der Waals surface area contributed by atoms with Crippen LogP contribution in [0.25, 0.3) is 0 Å². The summed E-state index contributed by atoms with van der Waals surface area (Å²) in [6, 6.07) is 11.1. The van der Waals surface area contributed by atoms with Gasteiger partial charge >= 0.3 is 7.12 Å². The van der Waals surface area contributed by atoms with Gasteiger partial charge in [0.2, 0.25) is 0 Å². The highest BCUT2D eigenvalue weighted by molar-refractivity contribution is 14.1. The Morgan fingerprint density at radius 1 is 0.808 bits per heavy atom. The number of rotatable bonds is 2. The molecule has 8 heteroatoms. The third-order valence-corrected chi connectivity index (χ3v) is 6.26. The maximum atomic E-state index is 8.25. The van der Waals surface area contributed by atoms with Crippen molar-refractivity contribution in [2.24, 2.45) is 0 Å². The molecule has 26 heavy (non-hydrogen) atoms. The molecule has 0 aromatic heterocycles. The molecule has 2 aliphatic carbocycles. The standard InChI is InChI=1S/C9H8Cl2.C6H3Cl2I.C3H7BO2/c10-7-3-4-9(11)8(5-7)6-1-2-6;7-4-1-2-5(8)6(9)3-4;5-4(6)3-1-2-3/h3-6H,1-2H2;1-3H;3,5-6H,1-2H2. The topological polar surface area (TPSA) is 40.5 Å². The van der Waals surface area contributed by atoms with Crippen LogP contribution >= 0.6 is 69.0 Å². The first kappa shape index (κ1) is 22.6. The minimum Gasteiger partial charge on any atom is -0.427 e. The molecule has 0 amide bonds. The Bertz CT molecular complexity index is 737. The second kappa shape index (κ2) is 10.7. The van der Waals surface area contributed by atoms with Crippen molar-refractivity contribution in [3.05, 3.63) is 65.6 Å². The van der Waals surface area contributed by atoms with E-state index in [2.05, 4.69) is 22.6 Å². The van der Waals surface area contributed by atoms with Crippen LogP contribution in [0.3, 0.4) is 0 Å². The second-order valence-electron chi connectivity index (χ2n) is 6.25. The van der Waals surface area contributed by atoms with Crippen LogP contribution in [-0.4, -0.2) is 17.2 Å². The molecule has 0 aliphatic heterocycles. The maximum absolute atomic E-state index is 8.25. The molecule has 2 aliphatic rings. The van der Waals surface area contributed by atoms with E-state index in [-0.39, 0.29) is 5.82 Å². The molecule has 0 heterocycles. The van der Waals surface area contributed by atoms with Crippen LogP contribution in [0.15, 0.2) is 36.4 Å². The average Bonchev–Trinajstić information content (AvgIpc) is 3.47. The Hall–Kier alpha value is 0.315. The van der Waals surface area contributed by atoms with E-state index < -0.39 is 7.12 Å². The maximum Gasteiger partial charge on any atom is 0.454 e. The fourth-order valence-corrected chi connectivity index (χ4v) is 3.53. The Kier molecular flexibility index (Phi) is 9.34. The van der Waals surface area contributed by atoms with Crippen molar-refractivity contribution in [2.45, 2.75) is 37.4 Å². The van der Waals surface area contributed by atoms with E-state index in [9.17, 15) is 0 Å². The lowest BCUT2D eigenvalue weighted by atomic mass is 9.84. The number of hydrogen-bond donors (Lipinski definition) is 2. The Balaban J connectivity index is 0.000000147. The molecule has 2 fully saturated rings. The SMILES string of the molecule is Clc1ccc(Cl)c(C2CC2)c1.Clc1ccc(Cl)c(I)c1.OB(O)C1CC1. The van der Waals surface area contributed by atoms with Crippen molar-refractivity contribution in [3.8, 4) is 0 Å². The Morgan fingerprint density at radius 3 is 1.73 bits per heavy atom. The normalized spacial score (nSPS) is 15.3. The fourth-order valence-electron chi connectivity index (χ4n) is 2.09. The first-order valence-corrected chi connectivity index (χ1v) is 10.8. The largest absolute Gasteiger partial charge is 0.454 e. The summed E-state index contributed by atoms with van der Waals surface area (Å²) in [4.78, 5) is 0. The van der Waals surface area contributed by atoms with E-state index in [1.54, 1.807) is 12.1 Å². The molecule has 0 saturated heterocycles. The molecule has 2 nitrogen and oxygen atoms in total. The Morgan fingerprint density at radius 2 is 1.35 bits per heavy atom. The highest BCUT2D eigenvalue weighted by Gasteiger charge is 2.33. The van der Waals surface area contributed by atoms with Gasteiger partial charge in [-0.05, 0) is 89.1 Å². The predicted octanol–water partition coefficient (Wildman–Crippen LogP) is 7.09. The van der Waals surface area contributed by atoms with Gasteiger partial charge in [0.1, 0.15) is 0 Å². The van der Waals surface area contributed by atoms with Gasteiger partial charge in [0.15, 0.2) is 0 Å². The summed E-state index contributed by atoms with van der Waals surface area (Å²) in [6.07, 6.45) is 4.52. The predicted molar refractivity (Wildman–Crippen MR) is 121 cm³/mol. The minimum absolute atomic E-state index is 0.213. The van der Waals surface area contributed by atoms with Crippen LogP contribution in [0, 0.1) is 3.57 Å². The van der Waals surface area contributed by atoms with Crippen LogP contribution in [0.2, 0.25) is 25.9 Å². The van der Waals surface area contributed by atoms with Crippen molar-refractivity contribution < 1.29 is 10.0 Å². The van der Waals surface area contributed by atoms with Gasteiger partial charge in [0.05, 0.1) is 5.02 Å². The van der Waals surface area contributed by atoms with Crippen molar-refractivity contribution in [1.82, 2.24) is 0 Å². The summed E-state index contributed by atoms with van der Waals surface area (Å²) >= 11 is 25.3. The molecular formula is C18H18BCl4IO2. The molecule has 2 aromatic rings. The zero-order valence-electron chi connectivity index (χ0n) is 13.8. The lowest BCUT2D eigenvalue weighted by molar-refractivity contribution is 0.403. The molecule has 0 unspecified atom stereocenters. The van der Waals surface area contributed by atoms with Crippen molar-refractivity contribution >= 4 is 76.1 Å². The van der Waals surface area contributed by atoms with Gasteiger partial charge in [-0.2, -0.15) is 0 Å². The summed E-state index contributed by atoms with van der Waals surface area (Å²) < 4.78 is 0.988. The fraction of sp³-hybridized carbons (Fsp3) is 0.333. The lowest BCUT2D eigenvalue weighted by Gasteiger charge is -2.00. The third-order valence-electron chi connectivity index (χ3n) is 3.90. The lowest BCUT2D eigenvalue weighted by Crippen LogP contribution is -2.09. The highest BCUT2D eigenvalue weighted by atomic mass is 127. The van der Waals surface area contributed by atoms with Crippen LogP contribution in [0.4, 0.5) is 0 Å². The van der Waals surface area contributed by atoms with E-state index in [4.69, 9.17) is 56.5 Å². The van der Waals surface area contributed by atoms with Crippen LogP contribution in [0.5, 0.6) is 0 Å². The third kappa shape index (κ3) is 8.13. The van der Waals surface area contributed by atoms with Crippen LogP contribution < -0.4 is 0 Å². The minimum atomic E-state index is -1.04. The van der Waals surface area contributed by atoms with Crippen LogP contribution in [0.1, 0.15) is 37.2 Å². The van der Waals surface area contributed by atoms with Crippen LogP contribution in [-0.2, 0) is 0 Å². The van der Waals surface area contributed by atoms with Gasteiger partial charge in [-0.25, -0.2) is 0 Å². The second-order valence-corrected chi connectivity index (χ2v) is 9.10. The van der Waals surface area contributed by atoms with Crippen molar-refractivity contribution in [1.29, 1.82) is 0 Å². The van der Waals surface area contributed by atoms with Gasteiger partial charge in [0, 0.05) is 18.6 Å². The van der Waals surface area contributed by atoms with E-state index >= 15 is 0 Å². The van der Waals surface area contributed by atoms with E-state index in [1.165, 1.54) is 18.4 Å². The molecule has 0 spiro atoms. The molecule has 4 rings (SSSR count). The van der Waals surface area contributed by atoms with Gasteiger partial charge in [-0.15, -0.1) is 0 Å². The number of hydrogen-bond acceptors (Lipinski definition) is 2. The Labute approximate surface area is 188 Å². The average molecular weight is 546 g/mol. The zero-order valence-corrected chi connectivity index (χ0v) is 19.0. The molecule has 2 aromatic carbocycles. The van der Waals surface area contributed by atoms with Gasteiger partial charge in [-0.1, -0.05) is 59.2 Å². The van der Waals surface area contributed by atoms with Gasteiger partial charge in [-0.3, -0.25) is 0 Å². The summed E-state index contributed by atoms with van der Waals surface area (Å²) in [7, 11) is -1.04. The monoisotopic (exact) mass is 544 g/mol. The first-order chi connectivity index (χ1) is 12.3.